The van der Waals surface area contributed by atoms with Crippen molar-refractivity contribution in [1.29, 1.82) is 0 Å². The second-order valence-electron chi connectivity index (χ2n) is 4.73. The van der Waals surface area contributed by atoms with Crippen molar-refractivity contribution in [2.24, 2.45) is 0 Å². The number of benzene rings is 2. The van der Waals surface area contributed by atoms with Crippen molar-refractivity contribution >= 4 is 22.6 Å². The van der Waals surface area contributed by atoms with Gasteiger partial charge in [0.2, 0.25) is 5.91 Å². The van der Waals surface area contributed by atoms with Crippen LogP contribution in [0.15, 0.2) is 42.5 Å². The molecule has 0 aliphatic heterocycles. The predicted molar refractivity (Wildman–Crippen MR) is 79.1 cm³/mol. The number of aliphatic carboxylic acids is 1. The number of hydrogen-bond donors (Lipinski definition) is 2. The molecular formula is C16H17NO4. The summed E-state index contributed by atoms with van der Waals surface area (Å²) >= 11 is 0. The molecule has 110 valence electrons. The van der Waals surface area contributed by atoms with Crippen LogP contribution in [0.3, 0.4) is 0 Å². The molecule has 5 nitrogen and oxygen atoms in total. The van der Waals surface area contributed by atoms with E-state index >= 15 is 0 Å². The number of methoxy groups -OCH3 is 1. The number of fused-ring (bicyclic) bond motifs is 1. The van der Waals surface area contributed by atoms with Gasteiger partial charge in [-0.15, -0.1) is 0 Å². The van der Waals surface area contributed by atoms with Gasteiger partial charge in [-0.05, 0) is 16.3 Å². The lowest BCUT2D eigenvalue weighted by Crippen LogP contribution is -2.43. The van der Waals surface area contributed by atoms with Crippen LogP contribution in [0.1, 0.15) is 5.56 Å². The van der Waals surface area contributed by atoms with Crippen molar-refractivity contribution in [1.82, 2.24) is 5.32 Å². The standard InChI is InChI=1S/C16H17NO4/c1-21-10-15(18)17-14(16(19)20)9-12-7-4-6-11-5-2-3-8-13(11)12/h2-8,14H,9-10H2,1H3,(H,17,18)(H,19,20)/t14-/m1/s1. The van der Waals surface area contributed by atoms with Crippen LogP contribution in [0.5, 0.6) is 0 Å². The van der Waals surface area contributed by atoms with Crippen molar-refractivity contribution in [3.05, 3.63) is 48.0 Å². The fourth-order valence-electron chi connectivity index (χ4n) is 2.26. The Bertz CT molecular complexity index is 648. The molecule has 2 aromatic carbocycles. The van der Waals surface area contributed by atoms with E-state index in [4.69, 9.17) is 4.74 Å². The number of rotatable bonds is 6. The van der Waals surface area contributed by atoms with E-state index in [1.807, 2.05) is 42.5 Å². The molecule has 0 bridgehead atoms. The number of ether oxygens (including phenoxy) is 1. The van der Waals surface area contributed by atoms with Gasteiger partial charge in [-0.1, -0.05) is 42.5 Å². The number of carboxylic acids is 1. The van der Waals surface area contributed by atoms with E-state index in [1.54, 1.807) is 0 Å². The van der Waals surface area contributed by atoms with Gasteiger partial charge in [0.05, 0.1) is 0 Å². The van der Waals surface area contributed by atoms with Gasteiger partial charge in [0.15, 0.2) is 0 Å². The van der Waals surface area contributed by atoms with Crippen molar-refractivity contribution in [2.75, 3.05) is 13.7 Å². The van der Waals surface area contributed by atoms with E-state index in [1.165, 1.54) is 7.11 Å². The topological polar surface area (TPSA) is 75.6 Å². The highest BCUT2D eigenvalue weighted by atomic mass is 16.5. The van der Waals surface area contributed by atoms with Crippen molar-refractivity contribution < 1.29 is 19.4 Å². The first-order chi connectivity index (χ1) is 10.1. The Morgan fingerprint density at radius 3 is 2.62 bits per heavy atom. The molecule has 0 unspecified atom stereocenters. The smallest absolute Gasteiger partial charge is 0.326 e. The van der Waals surface area contributed by atoms with Gasteiger partial charge in [0.25, 0.3) is 0 Å². The molecule has 21 heavy (non-hydrogen) atoms. The third-order valence-electron chi connectivity index (χ3n) is 3.21. The zero-order valence-electron chi connectivity index (χ0n) is 11.7. The first-order valence-electron chi connectivity index (χ1n) is 6.59. The fraction of sp³-hybridized carbons (Fsp3) is 0.250. The minimum atomic E-state index is -1.06. The number of carboxylic acid groups (broad SMARTS) is 1. The van der Waals surface area contributed by atoms with E-state index in [-0.39, 0.29) is 13.0 Å². The van der Waals surface area contributed by atoms with Crippen molar-refractivity contribution in [3.63, 3.8) is 0 Å². The van der Waals surface area contributed by atoms with Gasteiger partial charge in [0, 0.05) is 13.5 Å². The zero-order chi connectivity index (χ0) is 15.2. The normalized spacial score (nSPS) is 12.0. The highest BCUT2D eigenvalue weighted by molar-refractivity contribution is 5.88. The zero-order valence-corrected chi connectivity index (χ0v) is 11.7. The van der Waals surface area contributed by atoms with E-state index in [0.29, 0.717) is 0 Å². The number of nitrogens with one attached hydrogen (secondary N) is 1. The molecule has 0 aromatic heterocycles. The summed E-state index contributed by atoms with van der Waals surface area (Å²) in [6.07, 6.45) is 0.228. The fourth-order valence-corrected chi connectivity index (χ4v) is 2.26. The molecule has 5 heteroatoms. The molecule has 0 spiro atoms. The van der Waals surface area contributed by atoms with Crippen LogP contribution < -0.4 is 5.32 Å². The van der Waals surface area contributed by atoms with Gasteiger partial charge in [-0.3, -0.25) is 4.79 Å². The molecule has 0 fully saturated rings. The first kappa shape index (κ1) is 15.0. The largest absolute Gasteiger partial charge is 0.480 e. The molecule has 0 radical (unpaired) electrons. The average Bonchev–Trinajstić information content (AvgIpc) is 2.47. The van der Waals surface area contributed by atoms with Crippen LogP contribution in [0.25, 0.3) is 10.8 Å². The summed E-state index contributed by atoms with van der Waals surface area (Å²) in [7, 11) is 1.39. The summed E-state index contributed by atoms with van der Waals surface area (Å²) < 4.78 is 4.70. The van der Waals surface area contributed by atoms with Crippen LogP contribution in [0.4, 0.5) is 0 Å². The summed E-state index contributed by atoms with van der Waals surface area (Å²) in [5, 5.41) is 13.8. The Kier molecular flexibility index (Phi) is 4.90. The molecule has 0 aliphatic carbocycles. The van der Waals surface area contributed by atoms with Crippen LogP contribution in [-0.2, 0) is 20.7 Å². The van der Waals surface area contributed by atoms with Crippen LogP contribution in [0, 0.1) is 0 Å². The highest BCUT2D eigenvalue weighted by Crippen LogP contribution is 2.19. The molecule has 2 aromatic rings. The SMILES string of the molecule is COCC(=O)N[C@H](Cc1cccc2ccccc12)C(=O)O. The second kappa shape index (κ2) is 6.85. The minimum absolute atomic E-state index is 0.153. The Hall–Kier alpha value is -2.40. The predicted octanol–water partition coefficient (Wildman–Crippen LogP) is 1.60. The third kappa shape index (κ3) is 3.79. The van der Waals surface area contributed by atoms with Crippen LogP contribution in [0.2, 0.25) is 0 Å². The van der Waals surface area contributed by atoms with Crippen molar-refractivity contribution in [2.45, 2.75) is 12.5 Å². The maximum atomic E-state index is 11.5. The Balaban J connectivity index is 2.23. The quantitative estimate of drug-likeness (QED) is 0.846. The Morgan fingerprint density at radius 1 is 1.19 bits per heavy atom. The average molecular weight is 287 g/mol. The Labute approximate surface area is 122 Å². The van der Waals surface area contributed by atoms with Crippen molar-refractivity contribution in [3.8, 4) is 0 Å². The minimum Gasteiger partial charge on any atom is -0.480 e. The van der Waals surface area contributed by atoms with E-state index in [0.717, 1.165) is 16.3 Å². The summed E-state index contributed by atoms with van der Waals surface area (Å²) in [6.45, 7) is -0.153. The van der Waals surface area contributed by atoms with Gasteiger partial charge >= 0.3 is 5.97 Å². The molecule has 1 atom stereocenters. The maximum absolute atomic E-state index is 11.5. The van der Waals surface area contributed by atoms with E-state index < -0.39 is 17.9 Å². The molecule has 0 aliphatic rings. The van der Waals surface area contributed by atoms with E-state index in [2.05, 4.69) is 5.32 Å². The monoisotopic (exact) mass is 287 g/mol. The molecule has 0 saturated carbocycles. The molecule has 2 rings (SSSR count). The highest BCUT2D eigenvalue weighted by Gasteiger charge is 2.21. The lowest BCUT2D eigenvalue weighted by atomic mass is 9.99. The summed E-state index contributed by atoms with van der Waals surface area (Å²) in [5.41, 5.74) is 0.887. The Morgan fingerprint density at radius 2 is 1.90 bits per heavy atom. The second-order valence-corrected chi connectivity index (χ2v) is 4.73. The number of carbonyl (C=O) groups is 2. The third-order valence-corrected chi connectivity index (χ3v) is 3.21. The molecular weight excluding hydrogens is 270 g/mol. The van der Waals surface area contributed by atoms with Crippen LogP contribution >= 0.6 is 0 Å². The summed E-state index contributed by atoms with van der Waals surface area (Å²) in [6, 6.07) is 12.5. The molecule has 1 amide bonds. The van der Waals surface area contributed by atoms with E-state index in [9.17, 15) is 14.7 Å². The number of hydrogen-bond acceptors (Lipinski definition) is 3. The van der Waals surface area contributed by atoms with Gasteiger partial charge in [0.1, 0.15) is 12.6 Å². The molecule has 2 N–H and O–H groups in total. The first-order valence-corrected chi connectivity index (χ1v) is 6.59. The lowest BCUT2D eigenvalue weighted by molar-refractivity contribution is -0.142. The van der Waals surface area contributed by atoms with Gasteiger partial charge in [-0.2, -0.15) is 0 Å². The number of carbonyl (C=O) groups excluding carboxylic acids is 1. The van der Waals surface area contributed by atoms with Gasteiger partial charge < -0.3 is 15.2 Å². The van der Waals surface area contributed by atoms with Gasteiger partial charge in [-0.25, -0.2) is 4.79 Å². The lowest BCUT2D eigenvalue weighted by Gasteiger charge is -2.15. The van der Waals surface area contributed by atoms with Crippen LogP contribution in [-0.4, -0.2) is 36.7 Å². The summed E-state index contributed by atoms with van der Waals surface area (Å²) in [4.78, 5) is 22.8. The summed E-state index contributed by atoms with van der Waals surface area (Å²) in [5.74, 6) is -1.50. The number of amides is 1. The molecule has 0 heterocycles. The molecule has 0 saturated heterocycles. The maximum Gasteiger partial charge on any atom is 0.326 e.